The van der Waals surface area contributed by atoms with Crippen molar-refractivity contribution in [3.63, 3.8) is 0 Å². The van der Waals surface area contributed by atoms with E-state index in [-0.39, 0.29) is 31.0 Å². The molecule has 0 aliphatic carbocycles. The Balaban J connectivity index is 1.58. The van der Waals surface area contributed by atoms with E-state index in [2.05, 4.69) is 15.5 Å². The fourth-order valence-electron chi connectivity index (χ4n) is 2.67. The van der Waals surface area contributed by atoms with Crippen molar-refractivity contribution < 1.29 is 17.6 Å². The number of halogens is 2. The highest BCUT2D eigenvalue weighted by Crippen LogP contribution is 2.27. The van der Waals surface area contributed by atoms with Crippen LogP contribution in [0.2, 0.25) is 5.02 Å². The zero-order chi connectivity index (χ0) is 21.7. The van der Waals surface area contributed by atoms with Crippen molar-refractivity contribution in [2.75, 3.05) is 22.4 Å². The van der Waals surface area contributed by atoms with Crippen LogP contribution >= 0.6 is 22.9 Å². The Kier molecular flexibility index (Phi) is 7.01. The number of nitrogens with one attached hydrogen (secondary N) is 1. The van der Waals surface area contributed by atoms with Crippen molar-refractivity contribution in [1.82, 2.24) is 10.2 Å². The predicted octanol–water partition coefficient (Wildman–Crippen LogP) is 4.18. The number of sulfonamides is 1. The predicted molar refractivity (Wildman–Crippen MR) is 117 cm³/mol. The van der Waals surface area contributed by atoms with Gasteiger partial charge in [-0.25, -0.2) is 12.8 Å². The van der Waals surface area contributed by atoms with Crippen molar-refractivity contribution in [1.29, 1.82) is 0 Å². The number of benzene rings is 2. The number of hydrogen-bond acceptors (Lipinski definition) is 6. The normalized spacial score (nSPS) is 11.3. The van der Waals surface area contributed by atoms with Gasteiger partial charge < -0.3 is 5.32 Å². The molecule has 0 aliphatic heterocycles. The maximum absolute atomic E-state index is 14.0. The quantitative estimate of drug-likeness (QED) is 0.535. The third kappa shape index (κ3) is 5.74. The molecule has 2 aromatic carbocycles. The summed E-state index contributed by atoms with van der Waals surface area (Å²) in [6.45, 7) is -0.0284. The van der Waals surface area contributed by atoms with E-state index in [1.807, 2.05) is 0 Å². The molecule has 0 unspecified atom stereocenters. The number of para-hydroxylation sites is 1. The van der Waals surface area contributed by atoms with E-state index in [4.69, 9.17) is 11.6 Å². The molecule has 3 rings (SSSR count). The second-order valence-electron chi connectivity index (χ2n) is 6.36. The highest BCUT2D eigenvalue weighted by Gasteiger charge is 2.20. The lowest BCUT2D eigenvalue weighted by atomic mass is 10.2. The van der Waals surface area contributed by atoms with Gasteiger partial charge in [0.25, 0.3) is 0 Å². The largest absolute Gasteiger partial charge is 0.301 e. The number of carbonyl (C=O) groups is 1. The molecule has 0 atom stereocenters. The molecule has 1 aromatic heterocycles. The average molecular weight is 469 g/mol. The number of aromatic nitrogens is 2. The summed E-state index contributed by atoms with van der Waals surface area (Å²) in [5.41, 5.74) is 0.781. The van der Waals surface area contributed by atoms with Gasteiger partial charge >= 0.3 is 0 Å². The van der Waals surface area contributed by atoms with Gasteiger partial charge in [0.1, 0.15) is 10.8 Å². The summed E-state index contributed by atoms with van der Waals surface area (Å²) in [6, 6.07) is 12.7. The number of amides is 1. The molecule has 0 saturated heterocycles. The Morgan fingerprint density at radius 3 is 2.53 bits per heavy atom. The van der Waals surface area contributed by atoms with E-state index >= 15 is 0 Å². The summed E-state index contributed by atoms with van der Waals surface area (Å²) in [5, 5.41) is 12.2. The smallest absolute Gasteiger partial charge is 0.232 e. The van der Waals surface area contributed by atoms with Gasteiger partial charge in [0.2, 0.25) is 21.1 Å². The number of hydrogen-bond donors (Lipinski definition) is 1. The molecule has 0 saturated carbocycles. The second kappa shape index (κ2) is 9.50. The minimum atomic E-state index is -3.70. The van der Waals surface area contributed by atoms with Gasteiger partial charge in [-0.1, -0.05) is 47.2 Å². The first-order valence-corrected chi connectivity index (χ1v) is 11.9. The van der Waals surface area contributed by atoms with Gasteiger partial charge in [0, 0.05) is 23.6 Å². The van der Waals surface area contributed by atoms with Crippen molar-refractivity contribution in [2.45, 2.75) is 12.8 Å². The van der Waals surface area contributed by atoms with Crippen LogP contribution in [0.4, 0.5) is 15.2 Å². The Morgan fingerprint density at radius 2 is 1.87 bits per heavy atom. The molecule has 0 spiro atoms. The topological polar surface area (TPSA) is 92.3 Å². The van der Waals surface area contributed by atoms with E-state index < -0.39 is 15.8 Å². The van der Waals surface area contributed by atoms with Gasteiger partial charge in [-0.05, 0) is 30.7 Å². The number of anilines is 2. The van der Waals surface area contributed by atoms with Gasteiger partial charge in [-0.15, -0.1) is 10.2 Å². The monoisotopic (exact) mass is 468 g/mol. The zero-order valence-electron chi connectivity index (χ0n) is 15.9. The Bertz CT molecular complexity index is 1140. The van der Waals surface area contributed by atoms with E-state index in [9.17, 15) is 17.6 Å². The number of carbonyl (C=O) groups excluding carboxylic acids is 1. The van der Waals surface area contributed by atoms with E-state index in [0.717, 1.165) is 16.1 Å². The Morgan fingerprint density at radius 1 is 1.17 bits per heavy atom. The fraction of sp³-hybridized carbons (Fsp3) is 0.211. The molecule has 11 heteroatoms. The average Bonchev–Trinajstić information content (AvgIpc) is 3.14. The summed E-state index contributed by atoms with van der Waals surface area (Å²) in [6.07, 6.45) is 1.24. The summed E-state index contributed by atoms with van der Waals surface area (Å²) < 4.78 is 39.0. The lowest BCUT2D eigenvalue weighted by Gasteiger charge is -2.22. The van der Waals surface area contributed by atoms with Crippen LogP contribution in [0, 0.1) is 5.82 Å². The van der Waals surface area contributed by atoms with Crippen LogP contribution in [0.25, 0.3) is 10.6 Å². The second-order valence-corrected chi connectivity index (χ2v) is 9.68. The van der Waals surface area contributed by atoms with Crippen LogP contribution in [0.3, 0.4) is 0 Å². The molecule has 0 bridgehead atoms. The van der Waals surface area contributed by atoms with E-state index in [0.29, 0.717) is 15.2 Å². The highest BCUT2D eigenvalue weighted by molar-refractivity contribution is 7.92. The van der Waals surface area contributed by atoms with Crippen molar-refractivity contribution in [3.8, 4) is 10.6 Å². The molecule has 158 valence electrons. The minimum Gasteiger partial charge on any atom is -0.301 e. The Hall–Kier alpha value is -2.56. The van der Waals surface area contributed by atoms with Crippen LogP contribution in [-0.4, -0.2) is 37.3 Å². The number of rotatable bonds is 8. The molecule has 1 amide bonds. The molecule has 0 radical (unpaired) electrons. The first kappa shape index (κ1) is 22.1. The molecule has 1 N–H and O–H groups in total. The minimum absolute atomic E-state index is 0.0284. The molecular formula is C19H18ClFN4O3S2. The van der Waals surface area contributed by atoms with Crippen molar-refractivity contribution >= 4 is 49.7 Å². The van der Waals surface area contributed by atoms with Crippen molar-refractivity contribution in [2.24, 2.45) is 0 Å². The standard InChI is InChI=1S/C19H18ClFN4O3S2/c1-30(27,28)25(16-6-3-2-5-15(16)21)12-4-7-17(26)22-19-24-23-18(29-19)13-8-10-14(20)11-9-13/h2-3,5-6,8-11H,4,7,12H2,1H3,(H,22,24,26). The molecule has 7 nitrogen and oxygen atoms in total. The van der Waals surface area contributed by atoms with Gasteiger partial charge in [-0.3, -0.25) is 9.10 Å². The first-order chi connectivity index (χ1) is 14.2. The molecule has 30 heavy (non-hydrogen) atoms. The molecule has 1 heterocycles. The molecule has 0 aliphatic rings. The Labute approximate surface area is 182 Å². The summed E-state index contributed by atoms with van der Waals surface area (Å²) >= 11 is 7.08. The lowest BCUT2D eigenvalue weighted by molar-refractivity contribution is -0.116. The molecular weight excluding hydrogens is 451 g/mol. The maximum Gasteiger partial charge on any atom is 0.232 e. The SMILES string of the molecule is CS(=O)(=O)N(CCCC(=O)Nc1nnc(-c2ccc(Cl)cc2)s1)c1ccccc1F. The van der Waals surface area contributed by atoms with E-state index in [1.54, 1.807) is 30.3 Å². The van der Waals surface area contributed by atoms with Crippen LogP contribution in [-0.2, 0) is 14.8 Å². The van der Waals surface area contributed by atoms with Crippen LogP contribution < -0.4 is 9.62 Å². The van der Waals surface area contributed by atoms with Crippen molar-refractivity contribution in [3.05, 3.63) is 59.4 Å². The van der Waals surface area contributed by atoms with Crippen LogP contribution in [0.1, 0.15) is 12.8 Å². The maximum atomic E-state index is 14.0. The lowest BCUT2D eigenvalue weighted by Crippen LogP contribution is -2.32. The van der Waals surface area contributed by atoms with Gasteiger partial charge in [-0.2, -0.15) is 0 Å². The third-order valence-corrected chi connectivity index (χ3v) is 6.37. The zero-order valence-corrected chi connectivity index (χ0v) is 18.3. The van der Waals surface area contributed by atoms with Gasteiger partial charge in [0.15, 0.2) is 0 Å². The third-order valence-electron chi connectivity index (χ3n) is 4.05. The number of nitrogens with zero attached hydrogens (tertiary/aromatic N) is 3. The molecule has 3 aromatic rings. The fourth-order valence-corrected chi connectivity index (χ4v) is 4.52. The molecule has 0 fully saturated rings. The summed E-state index contributed by atoms with van der Waals surface area (Å²) in [7, 11) is -3.70. The summed E-state index contributed by atoms with van der Waals surface area (Å²) in [5.74, 6) is -0.980. The highest BCUT2D eigenvalue weighted by atomic mass is 35.5. The van der Waals surface area contributed by atoms with Gasteiger partial charge in [0.05, 0.1) is 11.9 Å². The first-order valence-electron chi connectivity index (χ1n) is 8.85. The van der Waals surface area contributed by atoms with E-state index in [1.165, 1.54) is 29.5 Å². The van der Waals surface area contributed by atoms with Crippen LogP contribution in [0.15, 0.2) is 48.5 Å². The summed E-state index contributed by atoms with van der Waals surface area (Å²) in [4.78, 5) is 12.2. The van der Waals surface area contributed by atoms with Crippen LogP contribution in [0.5, 0.6) is 0 Å².